The van der Waals surface area contributed by atoms with Crippen LogP contribution in [0.3, 0.4) is 0 Å². The van der Waals surface area contributed by atoms with Crippen molar-refractivity contribution in [3.63, 3.8) is 0 Å². The van der Waals surface area contributed by atoms with E-state index in [2.05, 4.69) is 4.98 Å². The molecule has 0 radical (unpaired) electrons. The largest absolute Gasteiger partial charge is 0.458 e. The summed E-state index contributed by atoms with van der Waals surface area (Å²) in [6, 6.07) is 1.72. The average molecular weight is 347 g/mol. The van der Waals surface area contributed by atoms with Gasteiger partial charge in [0, 0.05) is 49.6 Å². The summed E-state index contributed by atoms with van der Waals surface area (Å²) >= 11 is 0. The minimum atomic E-state index is -1.04. The highest BCUT2D eigenvalue weighted by atomic mass is 16.5. The van der Waals surface area contributed by atoms with Crippen LogP contribution in [0.5, 0.6) is 0 Å². The number of rotatable bonds is 7. The predicted octanol–water partition coefficient (Wildman–Crippen LogP) is 0.971. The summed E-state index contributed by atoms with van der Waals surface area (Å²) in [4.78, 5) is 28.0. The fourth-order valence-corrected chi connectivity index (χ4v) is 3.21. The molecule has 1 aromatic rings. The molecule has 0 amide bonds. The summed E-state index contributed by atoms with van der Waals surface area (Å²) in [5.74, 6) is -0.365. The third kappa shape index (κ3) is 5.44. The van der Waals surface area contributed by atoms with E-state index in [1.54, 1.807) is 6.07 Å². The molecule has 1 aliphatic heterocycles. The van der Waals surface area contributed by atoms with E-state index >= 15 is 0 Å². The van der Waals surface area contributed by atoms with Crippen molar-refractivity contribution in [2.75, 3.05) is 0 Å². The van der Waals surface area contributed by atoms with Gasteiger partial charge in [-0.3, -0.25) is 14.6 Å². The first kappa shape index (κ1) is 19.7. The first-order valence-electron chi connectivity index (χ1n) is 8.68. The smallest absolute Gasteiger partial charge is 0.427 e. The van der Waals surface area contributed by atoms with Gasteiger partial charge in [0.2, 0.25) is 0 Å². The highest BCUT2D eigenvalue weighted by Crippen LogP contribution is 2.30. The standard InChI is InChI=1S/C17H26BN3O4/c1-11(22)5-15-4-2-3-14(18(24)25-15)7-17(23)13-6-12(8-19)16(9-20)21-10-13/h6,10,14-15,24H,2-5,7-9,19-20H2,1H3/t14-,15+/m1/s1. The van der Waals surface area contributed by atoms with Crippen LogP contribution in [0.15, 0.2) is 12.3 Å². The number of nitrogens with zero attached hydrogens (tertiary/aromatic N) is 1. The maximum atomic E-state index is 12.6. The predicted molar refractivity (Wildman–Crippen MR) is 94.7 cm³/mol. The molecule has 1 aromatic heterocycles. The zero-order chi connectivity index (χ0) is 18.4. The number of hydrogen-bond donors (Lipinski definition) is 3. The van der Waals surface area contributed by atoms with Crippen LogP contribution in [-0.2, 0) is 22.5 Å². The molecule has 0 aromatic carbocycles. The van der Waals surface area contributed by atoms with E-state index in [4.69, 9.17) is 16.1 Å². The molecule has 25 heavy (non-hydrogen) atoms. The summed E-state index contributed by atoms with van der Waals surface area (Å²) in [6.45, 7) is 2.05. The lowest BCUT2D eigenvalue weighted by Crippen LogP contribution is -2.30. The summed E-state index contributed by atoms with van der Waals surface area (Å²) in [5, 5.41) is 10.3. The highest BCUT2D eigenvalue weighted by Gasteiger charge is 2.34. The Bertz CT molecular complexity index is 626. The Labute approximate surface area is 148 Å². The molecule has 136 valence electrons. The molecule has 1 fully saturated rings. The maximum Gasteiger partial charge on any atom is 0.458 e. The fraction of sp³-hybridized carbons (Fsp3) is 0.588. The molecule has 2 heterocycles. The van der Waals surface area contributed by atoms with E-state index in [0.717, 1.165) is 12.0 Å². The normalized spacial score (nSPS) is 21.0. The van der Waals surface area contributed by atoms with E-state index in [1.807, 2.05) is 0 Å². The van der Waals surface area contributed by atoms with Crippen LogP contribution >= 0.6 is 0 Å². The van der Waals surface area contributed by atoms with E-state index in [9.17, 15) is 14.6 Å². The zero-order valence-electron chi connectivity index (χ0n) is 14.6. The van der Waals surface area contributed by atoms with Gasteiger partial charge in [-0.2, -0.15) is 0 Å². The molecule has 0 unspecified atom stereocenters. The van der Waals surface area contributed by atoms with Gasteiger partial charge in [0.15, 0.2) is 5.78 Å². The van der Waals surface area contributed by atoms with Gasteiger partial charge in [-0.25, -0.2) is 0 Å². The quantitative estimate of drug-likeness (QED) is 0.495. The molecule has 0 aliphatic carbocycles. The lowest BCUT2D eigenvalue weighted by molar-refractivity contribution is -0.118. The SMILES string of the molecule is CC(=O)C[C@@H]1CCC[C@H](CC(=O)c2cnc(CN)c(CN)c2)B(O)O1. The van der Waals surface area contributed by atoms with E-state index < -0.39 is 7.12 Å². The van der Waals surface area contributed by atoms with Crippen molar-refractivity contribution in [1.29, 1.82) is 0 Å². The lowest BCUT2D eigenvalue weighted by Gasteiger charge is -2.19. The first-order chi connectivity index (χ1) is 11.9. The van der Waals surface area contributed by atoms with Crippen LogP contribution in [0.1, 0.15) is 60.6 Å². The molecule has 0 bridgehead atoms. The maximum absolute atomic E-state index is 12.6. The third-order valence-corrected chi connectivity index (χ3v) is 4.59. The number of ketones is 2. The van der Waals surface area contributed by atoms with Crippen LogP contribution in [0.4, 0.5) is 0 Å². The number of nitrogens with two attached hydrogens (primary N) is 2. The second kappa shape index (κ2) is 9.19. The lowest BCUT2D eigenvalue weighted by atomic mass is 9.67. The summed E-state index contributed by atoms with van der Waals surface area (Å²) < 4.78 is 5.58. The minimum Gasteiger partial charge on any atom is -0.427 e. The molecule has 2 rings (SSSR count). The molecule has 5 N–H and O–H groups in total. The Morgan fingerprint density at radius 3 is 2.72 bits per heavy atom. The van der Waals surface area contributed by atoms with E-state index in [0.29, 0.717) is 30.5 Å². The monoisotopic (exact) mass is 347 g/mol. The van der Waals surface area contributed by atoms with Crippen LogP contribution in [0.25, 0.3) is 0 Å². The summed E-state index contributed by atoms with van der Waals surface area (Å²) in [7, 11) is -1.04. The average Bonchev–Trinajstić information content (AvgIpc) is 2.75. The molecule has 2 atom stereocenters. The van der Waals surface area contributed by atoms with Gasteiger partial charge < -0.3 is 21.1 Å². The van der Waals surface area contributed by atoms with E-state index in [1.165, 1.54) is 13.1 Å². The van der Waals surface area contributed by atoms with Gasteiger partial charge in [0.05, 0.1) is 5.69 Å². The minimum absolute atomic E-state index is 0.0344. The van der Waals surface area contributed by atoms with Crippen LogP contribution in [0.2, 0.25) is 5.82 Å². The first-order valence-corrected chi connectivity index (χ1v) is 8.68. The van der Waals surface area contributed by atoms with Crippen molar-refractivity contribution in [3.05, 3.63) is 29.1 Å². The van der Waals surface area contributed by atoms with Crippen LogP contribution < -0.4 is 11.5 Å². The van der Waals surface area contributed by atoms with Gasteiger partial charge in [-0.1, -0.05) is 12.8 Å². The molecule has 0 spiro atoms. The zero-order valence-corrected chi connectivity index (χ0v) is 14.6. The number of pyridine rings is 1. The number of carbonyl (C=O) groups excluding carboxylic acids is 2. The Balaban J connectivity index is 2.03. The molecule has 1 aliphatic rings. The van der Waals surface area contributed by atoms with Gasteiger partial charge in [-0.05, 0) is 25.0 Å². The summed E-state index contributed by atoms with van der Waals surface area (Å²) in [6.07, 6.45) is 3.90. The Morgan fingerprint density at radius 1 is 1.32 bits per heavy atom. The van der Waals surface area contributed by atoms with Crippen molar-refractivity contribution >= 4 is 18.7 Å². The van der Waals surface area contributed by atoms with Crippen LogP contribution in [-0.4, -0.2) is 34.8 Å². The van der Waals surface area contributed by atoms with Crippen molar-refractivity contribution in [3.8, 4) is 0 Å². The topological polar surface area (TPSA) is 129 Å². The molecule has 0 saturated carbocycles. The summed E-state index contributed by atoms with van der Waals surface area (Å²) in [5.41, 5.74) is 13.2. The molecule has 8 heteroatoms. The van der Waals surface area contributed by atoms with Gasteiger partial charge in [-0.15, -0.1) is 0 Å². The number of hydrogen-bond acceptors (Lipinski definition) is 7. The molecule has 1 saturated heterocycles. The van der Waals surface area contributed by atoms with Gasteiger partial charge >= 0.3 is 7.12 Å². The number of aromatic nitrogens is 1. The van der Waals surface area contributed by atoms with Crippen molar-refractivity contribution in [2.24, 2.45) is 11.5 Å². The van der Waals surface area contributed by atoms with Gasteiger partial charge in [0.25, 0.3) is 0 Å². The highest BCUT2D eigenvalue weighted by molar-refractivity contribution is 6.45. The number of carbonyl (C=O) groups is 2. The van der Waals surface area contributed by atoms with Crippen molar-refractivity contribution in [2.45, 2.75) is 64.0 Å². The molecular weight excluding hydrogens is 321 g/mol. The van der Waals surface area contributed by atoms with Gasteiger partial charge in [0.1, 0.15) is 5.78 Å². The molecular formula is C17H26BN3O4. The molecule has 7 nitrogen and oxygen atoms in total. The van der Waals surface area contributed by atoms with E-state index in [-0.39, 0.29) is 43.0 Å². The second-order valence-corrected chi connectivity index (χ2v) is 6.61. The number of Topliss-reactive ketones (excluding diaryl/α,β-unsaturated/α-hetero) is 2. The Kier molecular flexibility index (Phi) is 7.25. The van der Waals surface area contributed by atoms with Crippen molar-refractivity contribution in [1.82, 2.24) is 4.98 Å². The van der Waals surface area contributed by atoms with Crippen LogP contribution in [0, 0.1) is 0 Å². The Morgan fingerprint density at radius 2 is 2.08 bits per heavy atom. The van der Waals surface area contributed by atoms with Crippen molar-refractivity contribution < 1.29 is 19.3 Å². The Hall–Kier alpha value is -1.61. The third-order valence-electron chi connectivity index (χ3n) is 4.59. The second-order valence-electron chi connectivity index (χ2n) is 6.61. The fourth-order valence-electron chi connectivity index (χ4n) is 3.21.